The van der Waals surface area contributed by atoms with E-state index < -0.39 is 12.1 Å². The van der Waals surface area contributed by atoms with Gasteiger partial charge in [0.25, 0.3) is 0 Å². The lowest BCUT2D eigenvalue weighted by Crippen LogP contribution is -2.34. The van der Waals surface area contributed by atoms with Gasteiger partial charge in [0.05, 0.1) is 12.5 Å². The van der Waals surface area contributed by atoms with Crippen LogP contribution >= 0.6 is 0 Å². The maximum absolute atomic E-state index is 10.2. The van der Waals surface area contributed by atoms with Crippen molar-refractivity contribution >= 4 is 5.97 Å². The monoisotopic (exact) mass is 189 g/mol. The van der Waals surface area contributed by atoms with Crippen molar-refractivity contribution in [1.82, 2.24) is 5.32 Å². The highest BCUT2D eigenvalue weighted by atomic mass is 16.4. The van der Waals surface area contributed by atoms with Crippen LogP contribution in [0, 0.1) is 0 Å². The van der Waals surface area contributed by atoms with Crippen LogP contribution in [0.5, 0.6) is 0 Å². The molecule has 2 unspecified atom stereocenters. The Morgan fingerprint density at radius 2 is 2.15 bits per heavy atom. The summed E-state index contributed by atoms with van der Waals surface area (Å²) in [5.74, 6) is -0.961. The van der Waals surface area contributed by atoms with Crippen LogP contribution in [-0.4, -0.2) is 34.9 Å². The number of carbonyl (C=O) groups is 1. The lowest BCUT2D eigenvalue weighted by Gasteiger charge is -2.15. The van der Waals surface area contributed by atoms with Crippen LogP contribution in [0.3, 0.4) is 0 Å². The quantitative estimate of drug-likeness (QED) is 0.548. The van der Waals surface area contributed by atoms with Crippen molar-refractivity contribution < 1.29 is 15.0 Å². The highest BCUT2D eigenvalue weighted by molar-refractivity contribution is 5.67. The summed E-state index contributed by atoms with van der Waals surface area (Å²) in [5, 5.41) is 20.6. The van der Waals surface area contributed by atoms with Crippen molar-refractivity contribution in [3.63, 3.8) is 0 Å². The standard InChI is InChI=1S/C9H19NO3/c1-3-4-7(2)10-6-8(11)5-9(12)13/h7-8,10-11H,3-6H2,1-2H3,(H,12,13). The molecule has 13 heavy (non-hydrogen) atoms. The molecule has 0 amide bonds. The van der Waals surface area contributed by atoms with Gasteiger partial charge >= 0.3 is 5.97 Å². The van der Waals surface area contributed by atoms with Gasteiger partial charge in [-0.05, 0) is 13.3 Å². The molecule has 0 aliphatic rings. The number of nitrogens with one attached hydrogen (secondary N) is 1. The summed E-state index contributed by atoms with van der Waals surface area (Å²) >= 11 is 0. The van der Waals surface area contributed by atoms with Crippen LogP contribution in [0.25, 0.3) is 0 Å². The molecule has 0 aromatic rings. The molecule has 0 aromatic carbocycles. The third-order valence-electron chi connectivity index (χ3n) is 1.83. The Labute approximate surface area is 79.0 Å². The van der Waals surface area contributed by atoms with Crippen LogP contribution in [0.4, 0.5) is 0 Å². The zero-order chi connectivity index (χ0) is 10.3. The van der Waals surface area contributed by atoms with Crippen LogP contribution in [0.15, 0.2) is 0 Å². The van der Waals surface area contributed by atoms with Gasteiger partial charge in [0.1, 0.15) is 0 Å². The van der Waals surface area contributed by atoms with E-state index in [0.717, 1.165) is 12.8 Å². The molecule has 0 aliphatic heterocycles. The average Bonchev–Trinajstić information content (AvgIpc) is 2.00. The number of aliphatic hydroxyl groups is 1. The van der Waals surface area contributed by atoms with E-state index in [1.54, 1.807) is 0 Å². The maximum atomic E-state index is 10.2. The van der Waals surface area contributed by atoms with Crippen molar-refractivity contribution in [2.75, 3.05) is 6.54 Å². The fraction of sp³-hybridized carbons (Fsp3) is 0.889. The topological polar surface area (TPSA) is 69.6 Å². The smallest absolute Gasteiger partial charge is 0.306 e. The van der Waals surface area contributed by atoms with Crippen molar-refractivity contribution in [3.8, 4) is 0 Å². The van der Waals surface area contributed by atoms with Crippen LogP contribution in [0.2, 0.25) is 0 Å². The van der Waals surface area contributed by atoms with E-state index in [1.807, 2.05) is 6.92 Å². The highest BCUT2D eigenvalue weighted by Crippen LogP contribution is 1.96. The first-order valence-electron chi connectivity index (χ1n) is 4.69. The van der Waals surface area contributed by atoms with E-state index in [0.29, 0.717) is 12.6 Å². The number of carboxylic acid groups (broad SMARTS) is 1. The van der Waals surface area contributed by atoms with Crippen LogP contribution < -0.4 is 5.32 Å². The molecule has 0 heterocycles. The Morgan fingerprint density at radius 1 is 1.54 bits per heavy atom. The molecule has 78 valence electrons. The summed E-state index contributed by atoms with van der Waals surface area (Å²) in [6, 6.07) is 0.341. The SMILES string of the molecule is CCCC(C)NCC(O)CC(=O)O. The predicted octanol–water partition coefficient (Wildman–Crippen LogP) is 0.600. The zero-order valence-corrected chi connectivity index (χ0v) is 8.29. The zero-order valence-electron chi connectivity index (χ0n) is 8.29. The molecular formula is C9H19NO3. The molecule has 0 saturated heterocycles. The molecule has 0 aromatic heterocycles. The number of aliphatic hydroxyl groups excluding tert-OH is 1. The first kappa shape index (κ1) is 12.4. The molecule has 0 rings (SSSR count). The Bertz CT molecular complexity index is 150. The maximum Gasteiger partial charge on any atom is 0.306 e. The number of rotatable bonds is 7. The van der Waals surface area contributed by atoms with Gasteiger partial charge in [-0.15, -0.1) is 0 Å². The first-order valence-corrected chi connectivity index (χ1v) is 4.69. The third kappa shape index (κ3) is 7.74. The molecule has 3 N–H and O–H groups in total. The molecule has 2 atom stereocenters. The molecule has 0 fully saturated rings. The van der Waals surface area contributed by atoms with Gasteiger partial charge in [0.2, 0.25) is 0 Å². The van der Waals surface area contributed by atoms with Gasteiger partial charge in [-0.2, -0.15) is 0 Å². The minimum Gasteiger partial charge on any atom is -0.481 e. The highest BCUT2D eigenvalue weighted by Gasteiger charge is 2.09. The summed E-state index contributed by atoms with van der Waals surface area (Å²) in [5.41, 5.74) is 0. The summed E-state index contributed by atoms with van der Waals surface area (Å²) in [4.78, 5) is 10.2. The Morgan fingerprint density at radius 3 is 2.62 bits per heavy atom. The van der Waals surface area contributed by atoms with Crippen LogP contribution in [0.1, 0.15) is 33.1 Å². The second-order valence-corrected chi connectivity index (χ2v) is 3.35. The Kier molecular flexibility index (Phi) is 6.54. The fourth-order valence-corrected chi connectivity index (χ4v) is 1.15. The van der Waals surface area contributed by atoms with E-state index in [2.05, 4.69) is 12.2 Å². The summed E-state index contributed by atoms with van der Waals surface area (Å²) < 4.78 is 0. The van der Waals surface area contributed by atoms with Crippen molar-refractivity contribution in [2.45, 2.75) is 45.3 Å². The van der Waals surface area contributed by atoms with Gasteiger partial charge in [0, 0.05) is 12.6 Å². The normalized spacial score (nSPS) is 15.3. The number of carboxylic acids is 1. The summed E-state index contributed by atoms with van der Waals surface area (Å²) in [7, 11) is 0. The Balaban J connectivity index is 3.45. The van der Waals surface area contributed by atoms with E-state index in [4.69, 9.17) is 5.11 Å². The largest absolute Gasteiger partial charge is 0.481 e. The molecule has 0 radical (unpaired) electrons. The fourth-order valence-electron chi connectivity index (χ4n) is 1.15. The van der Waals surface area contributed by atoms with Crippen molar-refractivity contribution in [3.05, 3.63) is 0 Å². The van der Waals surface area contributed by atoms with E-state index in [-0.39, 0.29) is 6.42 Å². The molecule has 4 heteroatoms. The van der Waals surface area contributed by atoms with Crippen molar-refractivity contribution in [2.24, 2.45) is 0 Å². The van der Waals surface area contributed by atoms with E-state index in [9.17, 15) is 9.90 Å². The molecule has 4 nitrogen and oxygen atoms in total. The predicted molar refractivity (Wildman–Crippen MR) is 50.6 cm³/mol. The molecule has 0 saturated carbocycles. The van der Waals surface area contributed by atoms with E-state index >= 15 is 0 Å². The molecule has 0 bridgehead atoms. The van der Waals surface area contributed by atoms with E-state index in [1.165, 1.54) is 0 Å². The second kappa shape index (κ2) is 6.86. The lowest BCUT2D eigenvalue weighted by molar-refractivity contribution is -0.139. The Hall–Kier alpha value is -0.610. The van der Waals surface area contributed by atoms with Gasteiger partial charge in [-0.25, -0.2) is 0 Å². The second-order valence-electron chi connectivity index (χ2n) is 3.35. The lowest BCUT2D eigenvalue weighted by atomic mass is 10.2. The van der Waals surface area contributed by atoms with Crippen LogP contribution in [-0.2, 0) is 4.79 Å². The molecule has 0 aliphatic carbocycles. The van der Waals surface area contributed by atoms with Crippen molar-refractivity contribution in [1.29, 1.82) is 0 Å². The minimum absolute atomic E-state index is 0.189. The van der Waals surface area contributed by atoms with Gasteiger partial charge in [-0.3, -0.25) is 4.79 Å². The number of hydrogen-bond donors (Lipinski definition) is 3. The van der Waals surface area contributed by atoms with Gasteiger partial charge in [0.15, 0.2) is 0 Å². The molecular weight excluding hydrogens is 170 g/mol. The number of hydrogen-bond acceptors (Lipinski definition) is 3. The molecule has 0 spiro atoms. The third-order valence-corrected chi connectivity index (χ3v) is 1.83. The van der Waals surface area contributed by atoms with Gasteiger partial charge in [-0.1, -0.05) is 13.3 Å². The minimum atomic E-state index is -0.961. The average molecular weight is 189 g/mol. The number of aliphatic carboxylic acids is 1. The van der Waals surface area contributed by atoms with Gasteiger partial charge < -0.3 is 15.5 Å². The summed E-state index contributed by atoms with van der Waals surface area (Å²) in [6.07, 6.45) is 1.16. The first-order chi connectivity index (χ1) is 6.06. The summed E-state index contributed by atoms with van der Waals surface area (Å²) in [6.45, 7) is 4.47.